The number of carbonyl (C=O) groups is 1. The molecule has 3 aromatic carbocycles. The molecule has 1 heterocycles. The van der Waals surface area contributed by atoms with Gasteiger partial charge in [-0.2, -0.15) is 0 Å². The van der Waals surface area contributed by atoms with Crippen molar-refractivity contribution < 1.29 is 19.4 Å². The fraction of sp³-hybridized carbons (Fsp3) is 0.0909. The molecule has 0 aliphatic heterocycles. The summed E-state index contributed by atoms with van der Waals surface area (Å²) in [5, 5.41) is 11.1. The van der Waals surface area contributed by atoms with Gasteiger partial charge < -0.3 is 19.6 Å². The molecule has 0 spiro atoms. The maximum absolute atomic E-state index is 11.4. The van der Waals surface area contributed by atoms with Crippen LogP contribution in [0.15, 0.2) is 48.5 Å². The highest BCUT2D eigenvalue weighted by molar-refractivity contribution is 6.42. The van der Waals surface area contributed by atoms with Gasteiger partial charge in [0, 0.05) is 15.6 Å². The summed E-state index contributed by atoms with van der Waals surface area (Å²) in [6, 6.07) is 12.7. The number of H-pyrrole nitrogens is 1. The molecule has 4 aromatic rings. The first kappa shape index (κ1) is 22.6. The minimum Gasteiger partial charge on any atom is -0.485 e. The Hall–Kier alpha value is -2.64. The number of imidazole rings is 1. The van der Waals surface area contributed by atoms with Crippen molar-refractivity contribution in [3.63, 3.8) is 0 Å². The SMILES string of the molecule is O=C(O)c1ccc(OCc2nc3cc(Cl)c(Cl)cc3[nH]2)c(OCc2ccc(Cl)cc2Cl)c1. The lowest BCUT2D eigenvalue weighted by atomic mass is 10.2. The summed E-state index contributed by atoms with van der Waals surface area (Å²) >= 11 is 24.2. The molecule has 10 heteroatoms. The van der Waals surface area contributed by atoms with Crippen molar-refractivity contribution in [2.45, 2.75) is 13.2 Å². The number of fused-ring (bicyclic) bond motifs is 1. The van der Waals surface area contributed by atoms with Crippen LogP contribution in [-0.2, 0) is 13.2 Å². The molecular weight excluding hydrogens is 498 g/mol. The number of nitrogens with one attached hydrogen (secondary N) is 1. The van der Waals surface area contributed by atoms with Crippen LogP contribution in [0.4, 0.5) is 0 Å². The van der Waals surface area contributed by atoms with Crippen LogP contribution in [0.3, 0.4) is 0 Å². The van der Waals surface area contributed by atoms with E-state index >= 15 is 0 Å². The van der Waals surface area contributed by atoms with Crippen molar-refractivity contribution in [2.75, 3.05) is 0 Å². The fourth-order valence-electron chi connectivity index (χ4n) is 2.94. The Morgan fingerprint density at radius 2 is 1.62 bits per heavy atom. The monoisotopic (exact) mass is 510 g/mol. The molecule has 0 unspecified atom stereocenters. The first-order chi connectivity index (χ1) is 15.3. The normalized spacial score (nSPS) is 11.0. The maximum atomic E-state index is 11.4. The summed E-state index contributed by atoms with van der Waals surface area (Å²) in [5.74, 6) is 0.0408. The Morgan fingerprint density at radius 3 is 2.38 bits per heavy atom. The van der Waals surface area contributed by atoms with Crippen LogP contribution in [0.5, 0.6) is 11.5 Å². The van der Waals surface area contributed by atoms with Gasteiger partial charge >= 0.3 is 5.97 Å². The summed E-state index contributed by atoms with van der Waals surface area (Å²) in [6.07, 6.45) is 0. The van der Waals surface area contributed by atoms with Gasteiger partial charge in [-0.05, 0) is 42.5 Å². The second kappa shape index (κ2) is 9.46. The lowest BCUT2D eigenvalue weighted by Gasteiger charge is -2.14. The van der Waals surface area contributed by atoms with Gasteiger partial charge in [-0.1, -0.05) is 52.5 Å². The predicted molar refractivity (Wildman–Crippen MR) is 125 cm³/mol. The number of ether oxygens (including phenoxy) is 2. The summed E-state index contributed by atoms with van der Waals surface area (Å²) < 4.78 is 11.7. The van der Waals surface area contributed by atoms with Crippen LogP contribution >= 0.6 is 46.4 Å². The van der Waals surface area contributed by atoms with E-state index in [4.69, 9.17) is 55.9 Å². The molecule has 2 N–H and O–H groups in total. The van der Waals surface area contributed by atoms with Crippen LogP contribution in [0.2, 0.25) is 20.1 Å². The number of hydrogen-bond acceptors (Lipinski definition) is 4. The van der Waals surface area contributed by atoms with E-state index in [0.717, 1.165) is 0 Å². The van der Waals surface area contributed by atoms with E-state index in [1.165, 1.54) is 18.2 Å². The summed E-state index contributed by atoms with van der Waals surface area (Å²) in [4.78, 5) is 18.9. The zero-order valence-electron chi connectivity index (χ0n) is 16.2. The molecule has 32 heavy (non-hydrogen) atoms. The van der Waals surface area contributed by atoms with Crippen LogP contribution < -0.4 is 9.47 Å². The van der Waals surface area contributed by atoms with Crippen LogP contribution in [0.25, 0.3) is 11.0 Å². The molecule has 0 saturated heterocycles. The topological polar surface area (TPSA) is 84.4 Å². The predicted octanol–water partition coefficient (Wildman–Crippen LogP) is 7.03. The van der Waals surface area contributed by atoms with Crippen LogP contribution in [0.1, 0.15) is 21.7 Å². The molecule has 0 fully saturated rings. The number of nitrogens with zero attached hydrogens (tertiary/aromatic N) is 1. The maximum Gasteiger partial charge on any atom is 0.335 e. The number of benzene rings is 3. The van der Waals surface area contributed by atoms with Gasteiger partial charge in [-0.25, -0.2) is 9.78 Å². The fourth-order valence-corrected chi connectivity index (χ4v) is 3.72. The van der Waals surface area contributed by atoms with Gasteiger partial charge in [-0.15, -0.1) is 0 Å². The molecule has 0 bridgehead atoms. The van der Waals surface area contributed by atoms with E-state index in [1.54, 1.807) is 30.3 Å². The molecule has 164 valence electrons. The third-order valence-corrected chi connectivity index (χ3v) is 5.84. The standard InChI is InChI=1S/C22H14Cl4N2O4/c23-13-3-1-12(14(24)6-13)9-31-20-5-11(22(29)30)2-4-19(20)32-10-21-27-17-7-15(25)16(26)8-18(17)28-21/h1-8H,9-10H2,(H,27,28)(H,29,30). The Morgan fingerprint density at radius 1 is 0.875 bits per heavy atom. The van der Waals surface area contributed by atoms with Gasteiger partial charge in [-0.3, -0.25) is 0 Å². The number of rotatable bonds is 7. The number of halogens is 4. The van der Waals surface area contributed by atoms with Gasteiger partial charge in [0.25, 0.3) is 0 Å². The molecule has 4 rings (SSSR count). The third kappa shape index (κ3) is 5.05. The molecule has 0 atom stereocenters. The molecule has 0 radical (unpaired) electrons. The average Bonchev–Trinajstić information content (AvgIpc) is 3.13. The van der Waals surface area contributed by atoms with Crippen molar-refractivity contribution >= 4 is 63.4 Å². The molecule has 6 nitrogen and oxygen atoms in total. The molecule has 0 aliphatic carbocycles. The second-order valence-electron chi connectivity index (χ2n) is 6.75. The minimum absolute atomic E-state index is 0.0579. The Bertz CT molecular complexity index is 1280. The van der Waals surface area contributed by atoms with Gasteiger partial charge in [0.1, 0.15) is 19.0 Å². The summed E-state index contributed by atoms with van der Waals surface area (Å²) in [5.41, 5.74) is 2.11. The quantitative estimate of drug-likeness (QED) is 0.278. The molecule has 1 aromatic heterocycles. The van der Waals surface area contributed by atoms with Gasteiger partial charge in [0.15, 0.2) is 11.5 Å². The first-order valence-corrected chi connectivity index (χ1v) is 10.7. The number of carboxylic acid groups (broad SMARTS) is 1. The minimum atomic E-state index is -1.09. The molecular formula is C22H14Cl4N2O4. The van der Waals surface area contributed by atoms with E-state index in [0.29, 0.717) is 48.3 Å². The lowest BCUT2D eigenvalue weighted by molar-refractivity contribution is 0.0696. The Labute approximate surface area is 202 Å². The number of aromatic nitrogens is 2. The van der Waals surface area contributed by atoms with E-state index in [-0.39, 0.29) is 24.5 Å². The van der Waals surface area contributed by atoms with E-state index in [9.17, 15) is 9.90 Å². The smallest absolute Gasteiger partial charge is 0.335 e. The third-order valence-electron chi connectivity index (χ3n) is 4.53. The Kier molecular flexibility index (Phi) is 6.67. The van der Waals surface area contributed by atoms with Crippen molar-refractivity contribution in [1.82, 2.24) is 9.97 Å². The first-order valence-electron chi connectivity index (χ1n) is 9.20. The van der Waals surface area contributed by atoms with Crippen LogP contribution in [0, 0.1) is 0 Å². The van der Waals surface area contributed by atoms with E-state index < -0.39 is 5.97 Å². The molecule has 0 amide bonds. The lowest BCUT2D eigenvalue weighted by Crippen LogP contribution is -2.04. The highest BCUT2D eigenvalue weighted by Gasteiger charge is 2.14. The average molecular weight is 512 g/mol. The van der Waals surface area contributed by atoms with Gasteiger partial charge in [0.2, 0.25) is 0 Å². The van der Waals surface area contributed by atoms with Gasteiger partial charge in [0.05, 0.1) is 26.6 Å². The van der Waals surface area contributed by atoms with Crippen molar-refractivity contribution in [3.05, 3.63) is 85.6 Å². The van der Waals surface area contributed by atoms with Crippen molar-refractivity contribution in [2.24, 2.45) is 0 Å². The summed E-state index contributed by atoms with van der Waals surface area (Å²) in [6.45, 7) is 0.172. The van der Waals surface area contributed by atoms with Crippen molar-refractivity contribution in [1.29, 1.82) is 0 Å². The zero-order chi connectivity index (χ0) is 22.8. The van der Waals surface area contributed by atoms with E-state index in [2.05, 4.69) is 9.97 Å². The Balaban J connectivity index is 1.55. The molecule has 0 saturated carbocycles. The van der Waals surface area contributed by atoms with Crippen molar-refractivity contribution in [3.8, 4) is 11.5 Å². The largest absolute Gasteiger partial charge is 0.485 e. The number of aromatic carboxylic acids is 1. The zero-order valence-corrected chi connectivity index (χ0v) is 19.2. The highest BCUT2D eigenvalue weighted by atomic mass is 35.5. The number of hydrogen-bond donors (Lipinski definition) is 2. The molecule has 0 aliphatic rings. The second-order valence-corrected chi connectivity index (χ2v) is 8.40. The number of aromatic amines is 1. The summed E-state index contributed by atoms with van der Waals surface area (Å²) in [7, 11) is 0. The number of carboxylic acids is 1. The van der Waals surface area contributed by atoms with E-state index in [1.807, 2.05) is 0 Å². The van der Waals surface area contributed by atoms with Crippen LogP contribution in [-0.4, -0.2) is 21.0 Å². The highest BCUT2D eigenvalue weighted by Crippen LogP contribution is 2.32.